The summed E-state index contributed by atoms with van der Waals surface area (Å²) >= 11 is 0. The topological polar surface area (TPSA) is 96.7 Å². The van der Waals surface area contributed by atoms with Crippen LogP contribution in [0.3, 0.4) is 0 Å². The Hall–Kier alpha value is -3.27. The van der Waals surface area contributed by atoms with E-state index in [2.05, 4.69) is 16.4 Å². The molecule has 0 atom stereocenters. The number of hydrogen-bond acceptors (Lipinski definition) is 4. The molecule has 0 saturated carbocycles. The molecule has 2 aromatic carbocycles. The number of amides is 1. The molecule has 2 heterocycles. The number of aryl methyl sites for hydroxylation is 1. The van der Waals surface area contributed by atoms with Gasteiger partial charge in [0.15, 0.2) is 0 Å². The molecule has 3 N–H and O–H groups in total. The molecule has 7 heteroatoms. The van der Waals surface area contributed by atoms with E-state index in [-0.39, 0.29) is 12.6 Å². The van der Waals surface area contributed by atoms with Gasteiger partial charge in [0.25, 0.3) is 12.6 Å². The van der Waals surface area contributed by atoms with Crippen molar-refractivity contribution in [3.63, 3.8) is 0 Å². The van der Waals surface area contributed by atoms with E-state index in [9.17, 15) is 4.79 Å². The standard InChI is InChI=1S/C21H22BN5O.C2H6/c1-27-12-16-10-17(3-5-20(16)26-27)25-21(28)18-4-2-15(11-19(18)24)14-6-8-22(13-23)9-7-14;1-2/h2-5,10-12,14H,6-9,24H2,1H3,(H,25,28);1-2H3. The summed E-state index contributed by atoms with van der Waals surface area (Å²) in [7, 11) is 1.87. The number of nitrogens with zero attached hydrogens (tertiary/aromatic N) is 3. The highest BCUT2D eigenvalue weighted by molar-refractivity contribution is 6.67. The van der Waals surface area contributed by atoms with Gasteiger partial charge in [0.1, 0.15) is 0 Å². The van der Waals surface area contributed by atoms with Gasteiger partial charge in [0.2, 0.25) is 0 Å². The molecule has 1 aliphatic rings. The normalized spacial score (nSPS) is 14.0. The number of carbonyl (C=O) groups excluding carboxylic acids is 1. The third-order valence-corrected chi connectivity index (χ3v) is 5.58. The van der Waals surface area contributed by atoms with Crippen molar-refractivity contribution in [2.45, 2.75) is 45.2 Å². The number of aromatic nitrogens is 2. The highest BCUT2D eigenvalue weighted by Gasteiger charge is 2.25. The van der Waals surface area contributed by atoms with Crippen molar-refractivity contribution < 1.29 is 4.79 Å². The highest BCUT2D eigenvalue weighted by Crippen LogP contribution is 2.34. The molecule has 4 rings (SSSR count). The zero-order valence-electron chi connectivity index (χ0n) is 17.9. The average Bonchev–Trinajstić information content (AvgIpc) is 3.14. The number of nitriles is 1. The van der Waals surface area contributed by atoms with Gasteiger partial charge in [-0.25, -0.2) is 5.26 Å². The second-order valence-electron chi connectivity index (χ2n) is 7.55. The van der Waals surface area contributed by atoms with Crippen molar-refractivity contribution in [3.05, 3.63) is 53.7 Å². The first-order chi connectivity index (χ1) is 14.5. The molecule has 1 aromatic heterocycles. The van der Waals surface area contributed by atoms with Crippen LogP contribution in [0.15, 0.2) is 42.6 Å². The molecule has 0 radical (unpaired) electrons. The minimum atomic E-state index is -0.222. The van der Waals surface area contributed by atoms with Gasteiger partial charge in [-0.05, 0) is 41.8 Å². The van der Waals surface area contributed by atoms with Gasteiger partial charge >= 0.3 is 0 Å². The molecule has 0 bridgehead atoms. The maximum absolute atomic E-state index is 12.7. The monoisotopic (exact) mass is 401 g/mol. The van der Waals surface area contributed by atoms with Crippen LogP contribution in [0.5, 0.6) is 0 Å². The minimum Gasteiger partial charge on any atom is -0.398 e. The maximum atomic E-state index is 12.7. The summed E-state index contributed by atoms with van der Waals surface area (Å²) < 4.78 is 1.75. The quantitative estimate of drug-likeness (QED) is 0.483. The number of anilines is 2. The lowest BCUT2D eigenvalue weighted by Crippen LogP contribution is -2.19. The van der Waals surface area contributed by atoms with Gasteiger partial charge in [-0.1, -0.05) is 45.4 Å². The van der Waals surface area contributed by atoms with Crippen LogP contribution in [-0.4, -0.2) is 22.4 Å². The number of carbonyl (C=O) groups is 1. The van der Waals surface area contributed by atoms with E-state index in [4.69, 9.17) is 11.0 Å². The fourth-order valence-corrected chi connectivity index (χ4v) is 4.02. The van der Waals surface area contributed by atoms with E-state index in [0.717, 1.165) is 41.9 Å². The molecule has 1 aliphatic heterocycles. The van der Waals surface area contributed by atoms with Crippen LogP contribution in [-0.2, 0) is 7.05 Å². The Morgan fingerprint density at radius 3 is 2.63 bits per heavy atom. The molecule has 0 unspecified atom stereocenters. The number of benzene rings is 2. The summed E-state index contributed by atoms with van der Waals surface area (Å²) in [6.07, 6.45) is 5.76. The average molecular weight is 401 g/mol. The Balaban J connectivity index is 0.00000124. The lowest BCUT2D eigenvalue weighted by Gasteiger charge is -2.24. The molecule has 0 aliphatic carbocycles. The third-order valence-electron chi connectivity index (χ3n) is 5.58. The number of nitrogens with two attached hydrogens (primary N) is 1. The third kappa shape index (κ3) is 4.65. The molecule has 1 saturated heterocycles. The van der Waals surface area contributed by atoms with Crippen LogP contribution < -0.4 is 11.1 Å². The molecule has 154 valence electrons. The van der Waals surface area contributed by atoms with Crippen molar-refractivity contribution in [1.82, 2.24) is 9.78 Å². The summed E-state index contributed by atoms with van der Waals surface area (Å²) in [4.78, 5) is 12.7. The van der Waals surface area contributed by atoms with Crippen molar-refractivity contribution in [2.75, 3.05) is 11.1 Å². The number of rotatable bonds is 3. The van der Waals surface area contributed by atoms with Crippen LogP contribution in [0.4, 0.5) is 11.4 Å². The number of nitrogens with one attached hydrogen (secondary N) is 1. The summed E-state index contributed by atoms with van der Waals surface area (Å²) in [5.41, 5.74) is 9.91. The van der Waals surface area contributed by atoms with Gasteiger partial charge < -0.3 is 11.1 Å². The fourth-order valence-electron chi connectivity index (χ4n) is 4.02. The first kappa shape index (κ1) is 21.4. The van der Waals surface area contributed by atoms with E-state index in [1.165, 1.54) is 0 Å². The first-order valence-corrected chi connectivity index (χ1v) is 10.6. The molecular weight excluding hydrogens is 373 g/mol. The van der Waals surface area contributed by atoms with Crippen molar-refractivity contribution in [1.29, 1.82) is 5.26 Å². The van der Waals surface area contributed by atoms with E-state index in [0.29, 0.717) is 22.9 Å². The minimum absolute atomic E-state index is 0.177. The van der Waals surface area contributed by atoms with E-state index in [1.54, 1.807) is 10.7 Å². The SMILES string of the molecule is CC.Cn1cc2cc(NC(=O)c3ccc(C4CCB(C#N)CC4)cc3N)ccc2n1. The fraction of sp³-hybridized carbons (Fsp3) is 0.348. The van der Waals surface area contributed by atoms with Crippen molar-refractivity contribution >= 4 is 34.9 Å². The first-order valence-electron chi connectivity index (χ1n) is 10.6. The molecule has 6 nitrogen and oxygen atoms in total. The van der Waals surface area contributed by atoms with Crippen molar-refractivity contribution in [2.24, 2.45) is 7.05 Å². The molecular formula is C23H28BN5O. The Morgan fingerprint density at radius 2 is 1.97 bits per heavy atom. The highest BCUT2D eigenvalue weighted by atomic mass is 16.1. The molecule has 30 heavy (non-hydrogen) atoms. The Morgan fingerprint density at radius 1 is 1.23 bits per heavy atom. The largest absolute Gasteiger partial charge is 0.398 e. The van der Waals surface area contributed by atoms with Crippen LogP contribution in [0.2, 0.25) is 12.6 Å². The smallest absolute Gasteiger partial charge is 0.267 e. The van der Waals surface area contributed by atoms with Crippen LogP contribution in [0.25, 0.3) is 10.9 Å². The zero-order chi connectivity index (χ0) is 21.7. The predicted octanol–water partition coefficient (Wildman–Crippen LogP) is 4.87. The van der Waals surface area contributed by atoms with Crippen LogP contribution in [0, 0.1) is 11.2 Å². The Bertz CT molecular complexity index is 1080. The lowest BCUT2D eigenvalue weighted by atomic mass is 9.41. The van der Waals surface area contributed by atoms with Gasteiger partial charge in [0.05, 0.1) is 11.1 Å². The van der Waals surface area contributed by atoms with Gasteiger partial charge in [-0.2, -0.15) is 5.10 Å². The molecule has 3 aromatic rings. The Labute approximate surface area is 178 Å². The van der Waals surface area contributed by atoms with E-state index >= 15 is 0 Å². The second kappa shape index (κ2) is 9.49. The molecule has 1 amide bonds. The van der Waals surface area contributed by atoms with E-state index in [1.807, 2.05) is 57.4 Å². The molecule has 1 fully saturated rings. The summed E-state index contributed by atoms with van der Waals surface area (Å²) in [5.74, 6) is 2.56. The van der Waals surface area contributed by atoms with E-state index < -0.39 is 0 Å². The maximum Gasteiger partial charge on any atom is 0.267 e. The lowest BCUT2D eigenvalue weighted by molar-refractivity contribution is 0.102. The predicted molar refractivity (Wildman–Crippen MR) is 124 cm³/mol. The summed E-state index contributed by atoms with van der Waals surface area (Å²) in [6.45, 7) is 4.18. The number of hydrogen-bond donors (Lipinski definition) is 2. The number of fused-ring (bicyclic) bond motifs is 1. The van der Waals surface area contributed by atoms with Crippen molar-refractivity contribution in [3.8, 4) is 5.97 Å². The number of nitrogen functional groups attached to an aromatic ring is 1. The summed E-state index contributed by atoms with van der Waals surface area (Å²) in [5, 5.41) is 17.3. The van der Waals surface area contributed by atoms with Gasteiger partial charge in [-0.3, -0.25) is 9.48 Å². The van der Waals surface area contributed by atoms with Crippen LogP contribution >= 0.6 is 0 Å². The Kier molecular flexibility index (Phi) is 6.78. The molecule has 0 spiro atoms. The van der Waals surface area contributed by atoms with Gasteiger partial charge in [-0.15, -0.1) is 0 Å². The van der Waals surface area contributed by atoms with Crippen LogP contribution in [0.1, 0.15) is 48.5 Å². The van der Waals surface area contributed by atoms with Gasteiger partial charge in [0, 0.05) is 36.0 Å². The summed E-state index contributed by atoms with van der Waals surface area (Å²) in [6, 6.07) is 11.3. The second-order valence-corrected chi connectivity index (χ2v) is 7.55. The zero-order valence-corrected chi connectivity index (χ0v) is 17.9.